The number of benzene rings is 1. The molecule has 92 valence electrons. The van der Waals surface area contributed by atoms with E-state index in [1.54, 1.807) is 0 Å². The summed E-state index contributed by atoms with van der Waals surface area (Å²) in [5.74, 6) is 0. The third-order valence-corrected chi connectivity index (χ3v) is 2.44. The van der Waals surface area contributed by atoms with E-state index >= 15 is 0 Å². The van der Waals surface area contributed by atoms with E-state index in [1.807, 2.05) is 0 Å². The second-order valence-corrected chi connectivity index (χ2v) is 3.77. The first-order valence-corrected chi connectivity index (χ1v) is 4.85. The fourth-order valence-corrected chi connectivity index (χ4v) is 1.36. The molecular weight excluding hydrogens is 282 g/mol. The molecule has 1 aromatic carbocycles. The monoisotopic (exact) mass is 285 g/mol. The molecule has 3 nitrogen and oxygen atoms in total. The van der Waals surface area contributed by atoms with Crippen LogP contribution in [0.15, 0.2) is 18.2 Å². The summed E-state index contributed by atoms with van der Waals surface area (Å²) in [5.41, 5.74) is -0.804. The maximum absolute atomic E-state index is 11.9. The Kier molecular flexibility index (Phi) is 4.00. The number of hydrogen-bond donors (Lipinski definition) is 0. The molecule has 0 atom stereocenters. The van der Waals surface area contributed by atoms with Crippen LogP contribution >= 0.6 is 23.2 Å². The SMILES string of the molecule is O=[N+]([O-])c1cc(Cl)c(Cl)cc1C=CC(F)(F)F. The van der Waals surface area contributed by atoms with Crippen molar-refractivity contribution in [2.75, 3.05) is 0 Å². The molecule has 0 aliphatic heterocycles. The zero-order valence-electron chi connectivity index (χ0n) is 7.96. The summed E-state index contributed by atoms with van der Waals surface area (Å²) < 4.78 is 35.8. The van der Waals surface area contributed by atoms with Gasteiger partial charge < -0.3 is 0 Å². The normalized spacial score (nSPS) is 12.1. The van der Waals surface area contributed by atoms with Crippen LogP contribution in [-0.4, -0.2) is 11.1 Å². The summed E-state index contributed by atoms with van der Waals surface area (Å²) in [6.07, 6.45) is -4.10. The largest absolute Gasteiger partial charge is 0.409 e. The van der Waals surface area contributed by atoms with Gasteiger partial charge in [0, 0.05) is 12.1 Å². The Morgan fingerprint density at radius 1 is 1.24 bits per heavy atom. The summed E-state index contributed by atoms with van der Waals surface area (Å²) in [6, 6.07) is 1.91. The molecular formula is C9H4Cl2F3NO2. The zero-order chi connectivity index (χ0) is 13.2. The number of halogens is 5. The molecule has 17 heavy (non-hydrogen) atoms. The first-order valence-electron chi connectivity index (χ1n) is 4.10. The first-order chi connectivity index (χ1) is 7.70. The Morgan fingerprint density at radius 2 is 1.76 bits per heavy atom. The highest BCUT2D eigenvalue weighted by Crippen LogP contribution is 2.32. The lowest BCUT2D eigenvalue weighted by atomic mass is 10.1. The standard InChI is InChI=1S/C9H4Cl2F3NO2/c10-6-3-5(1-2-9(12,13)14)8(15(16)17)4-7(6)11/h1-4H. The van der Waals surface area contributed by atoms with Crippen molar-refractivity contribution >= 4 is 35.0 Å². The van der Waals surface area contributed by atoms with Crippen molar-refractivity contribution in [2.45, 2.75) is 6.18 Å². The van der Waals surface area contributed by atoms with Gasteiger partial charge in [0.25, 0.3) is 5.69 Å². The topological polar surface area (TPSA) is 43.1 Å². The number of alkyl halides is 3. The third kappa shape index (κ3) is 3.90. The summed E-state index contributed by atoms with van der Waals surface area (Å²) in [7, 11) is 0. The Bertz CT molecular complexity index is 486. The molecule has 0 aliphatic carbocycles. The van der Waals surface area contributed by atoms with Crippen LogP contribution in [0.1, 0.15) is 5.56 Å². The fraction of sp³-hybridized carbons (Fsp3) is 0.111. The Hall–Kier alpha value is -1.27. The minimum Gasteiger partial charge on any atom is -0.258 e. The quantitative estimate of drug-likeness (QED) is 0.594. The maximum Gasteiger partial charge on any atom is 0.409 e. The molecule has 0 unspecified atom stereocenters. The highest BCUT2D eigenvalue weighted by Gasteiger charge is 2.23. The van der Waals surface area contributed by atoms with Crippen molar-refractivity contribution in [1.29, 1.82) is 0 Å². The van der Waals surface area contributed by atoms with Crippen LogP contribution in [-0.2, 0) is 0 Å². The number of allylic oxidation sites excluding steroid dienone is 1. The van der Waals surface area contributed by atoms with Crippen molar-refractivity contribution in [3.05, 3.63) is 43.9 Å². The van der Waals surface area contributed by atoms with Crippen LogP contribution in [0.2, 0.25) is 10.0 Å². The van der Waals surface area contributed by atoms with Gasteiger partial charge in [-0.3, -0.25) is 10.1 Å². The Labute approximate surface area is 104 Å². The number of hydrogen-bond acceptors (Lipinski definition) is 2. The van der Waals surface area contributed by atoms with Crippen LogP contribution in [0.25, 0.3) is 6.08 Å². The summed E-state index contributed by atoms with van der Waals surface area (Å²) in [6.45, 7) is 0. The van der Waals surface area contributed by atoms with E-state index in [4.69, 9.17) is 23.2 Å². The molecule has 8 heteroatoms. The van der Waals surface area contributed by atoms with Crippen LogP contribution in [0.3, 0.4) is 0 Å². The lowest BCUT2D eigenvalue weighted by Gasteiger charge is -2.02. The van der Waals surface area contributed by atoms with Crippen LogP contribution in [0.5, 0.6) is 0 Å². The molecule has 0 amide bonds. The molecule has 1 aromatic rings. The van der Waals surface area contributed by atoms with Crippen molar-refractivity contribution in [3.63, 3.8) is 0 Å². The van der Waals surface area contributed by atoms with Gasteiger partial charge in [0.1, 0.15) is 0 Å². The van der Waals surface area contributed by atoms with E-state index in [2.05, 4.69) is 0 Å². The van der Waals surface area contributed by atoms with Crippen molar-refractivity contribution in [3.8, 4) is 0 Å². The van der Waals surface area contributed by atoms with Crippen LogP contribution in [0, 0.1) is 10.1 Å². The molecule has 1 rings (SSSR count). The van der Waals surface area contributed by atoms with Crippen molar-refractivity contribution < 1.29 is 18.1 Å². The molecule has 0 aliphatic rings. The zero-order valence-corrected chi connectivity index (χ0v) is 9.47. The van der Waals surface area contributed by atoms with E-state index in [9.17, 15) is 23.3 Å². The number of nitro groups is 1. The van der Waals surface area contributed by atoms with E-state index < -0.39 is 16.8 Å². The van der Waals surface area contributed by atoms with Gasteiger partial charge in [-0.25, -0.2) is 0 Å². The van der Waals surface area contributed by atoms with E-state index in [0.717, 1.165) is 12.1 Å². The van der Waals surface area contributed by atoms with Gasteiger partial charge in [-0.1, -0.05) is 23.2 Å². The minimum atomic E-state index is -4.56. The number of rotatable bonds is 2. The smallest absolute Gasteiger partial charge is 0.258 e. The Balaban J connectivity index is 3.27. The van der Waals surface area contributed by atoms with Gasteiger partial charge in [-0.05, 0) is 12.1 Å². The summed E-state index contributed by atoms with van der Waals surface area (Å²) in [4.78, 5) is 9.76. The highest BCUT2D eigenvalue weighted by atomic mass is 35.5. The predicted molar refractivity (Wildman–Crippen MR) is 58.2 cm³/mol. The molecule has 0 bridgehead atoms. The number of nitro benzene ring substituents is 1. The summed E-state index contributed by atoms with van der Waals surface area (Å²) in [5, 5.41) is 10.4. The van der Waals surface area contributed by atoms with Crippen LogP contribution < -0.4 is 0 Å². The average Bonchev–Trinajstić information content (AvgIpc) is 2.17. The Morgan fingerprint density at radius 3 is 2.24 bits per heavy atom. The van der Waals surface area contributed by atoms with Crippen molar-refractivity contribution in [2.24, 2.45) is 0 Å². The van der Waals surface area contributed by atoms with E-state index in [0.29, 0.717) is 6.08 Å². The van der Waals surface area contributed by atoms with E-state index in [-0.39, 0.29) is 21.7 Å². The average molecular weight is 286 g/mol. The van der Waals surface area contributed by atoms with Gasteiger partial charge in [0.05, 0.1) is 20.5 Å². The van der Waals surface area contributed by atoms with Gasteiger partial charge in [0.15, 0.2) is 0 Å². The molecule has 0 heterocycles. The van der Waals surface area contributed by atoms with Crippen molar-refractivity contribution in [1.82, 2.24) is 0 Å². The molecule has 0 N–H and O–H groups in total. The molecule has 0 aromatic heterocycles. The molecule has 0 spiro atoms. The van der Waals surface area contributed by atoms with E-state index in [1.165, 1.54) is 0 Å². The molecule has 0 radical (unpaired) electrons. The minimum absolute atomic E-state index is 0.0564. The third-order valence-electron chi connectivity index (χ3n) is 1.72. The summed E-state index contributed by atoms with van der Waals surface area (Å²) >= 11 is 11.1. The number of nitrogens with zero attached hydrogens (tertiary/aromatic N) is 1. The second-order valence-electron chi connectivity index (χ2n) is 2.96. The lowest BCUT2D eigenvalue weighted by molar-refractivity contribution is -0.385. The molecule has 0 fully saturated rings. The van der Waals surface area contributed by atoms with Gasteiger partial charge in [-0.15, -0.1) is 0 Å². The maximum atomic E-state index is 11.9. The van der Waals surface area contributed by atoms with Crippen LogP contribution in [0.4, 0.5) is 18.9 Å². The fourth-order valence-electron chi connectivity index (χ4n) is 1.03. The predicted octanol–water partition coefficient (Wildman–Crippen LogP) is 4.48. The van der Waals surface area contributed by atoms with Gasteiger partial charge in [0.2, 0.25) is 0 Å². The van der Waals surface area contributed by atoms with Gasteiger partial charge >= 0.3 is 6.18 Å². The lowest BCUT2D eigenvalue weighted by Crippen LogP contribution is -2.00. The second kappa shape index (κ2) is 4.93. The highest BCUT2D eigenvalue weighted by molar-refractivity contribution is 6.42. The molecule has 0 saturated carbocycles. The first kappa shape index (κ1) is 13.8. The molecule has 0 saturated heterocycles. The van der Waals surface area contributed by atoms with Gasteiger partial charge in [-0.2, -0.15) is 13.2 Å².